The minimum Gasteiger partial charge on any atom is -0.507 e. The van der Waals surface area contributed by atoms with Gasteiger partial charge in [0.25, 0.3) is 0 Å². The summed E-state index contributed by atoms with van der Waals surface area (Å²) in [6, 6.07) is 13.5. The zero-order chi connectivity index (χ0) is 13.2. The van der Waals surface area contributed by atoms with Crippen molar-refractivity contribution in [2.24, 2.45) is 5.10 Å². The largest absolute Gasteiger partial charge is 0.507 e. The molecule has 2 heterocycles. The minimum absolute atomic E-state index is 0.218. The van der Waals surface area contributed by atoms with Gasteiger partial charge < -0.3 is 5.11 Å². The number of aromatic hydroxyl groups is 1. The molecule has 0 radical (unpaired) electrons. The number of benzene rings is 1. The molecule has 4 heteroatoms. The number of aromatic nitrogens is 1. The number of hydrogen-bond acceptors (Lipinski definition) is 3. The first kappa shape index (κ1) is 11.9. The van der Waals surface area contributed by atoms with Crippen LogP contribution in [0.5, 0.6) is 5.75 Å². The summed E-state index contributed by atoms with van der Waals surface area (Å²) in [6.07, 6.45) is 2.60. The number of phenolic OH excluding ortho intramolecular Hbond substituents is 1. The lowest BCUT2D eigenvalue weighted by atomic mass is 10.0. The first-order valence-electron chi connectivity index (χ1n) is 6.36. The van der Waals surface area contributed by atoms with Crippen LogP contribution in [0.4, 0.5) is 0 Å². The summed E-state index contributed by atoms with van der Waals surface area (Å²) in [6.45, 7) is 0. The molecule has 0 saturated heterocycles. The molecule has 2 unspecified atom stereocenters. The molecular formula is C15H16N3O+. The van der Waals surface area contributed by atoms with Crippen LogP contribution in [-0.4, -0.2) is 22.8 Å². The third-order valence-corrected chi connectivity index (χ3v) is 3.47. The average Bonchev–Trinajstić information content (AvgIpc) is 2.82. The molecule has 0 aliphatic carbocycles. The zero-order valence-electron chi connectivity index (χ0n) is 10.7. The molecule has 3 rings (SSSR count). The van der Waals surface area contributed by atoms with Crippen LogP contribution in [0.3, 0.4) is 0 Å². The van der Waals surface area contributed by atoms with Crippen molar-refractivity contribution in [2.45, 2.75) is 12.5 Å². The smallest absolute Gasteiger partial charge is 0.160 e. The second kappa shape index (κ2) is 4.82. The second-order valence-electron chi connectivity index (χ2n) is 4.73. The lowest BCUT2D eigenvalue weighted by molar-refractivity contribution is -0.912. The van der Waals surface area contributed by atoms with Crippen molar-refractivity contribution >= 4 is 5.71 Å². The van der Waals surface area contributed by atoms with Crippen molar-refractivity contribution in [3.05, 3.63) is 59.9 Å². The van der Waals surface area contributed by atoms with E-state index in [1.54, 1.807) is 12.3 Å². The maximum Gasteiger partial charge on any atom is 0.160 e. The Kier molecular flexibility index (Phi) is 3.01. The van der Waals surface area contributed by atoms with E-state index in [9.17, 15) is 5.11 Å². The first-order valence-corrected chi connectivity index (χ1v) is 6.36. The van der Waals surface area contributed by atoms with E-state index in [4.69, 9.17) is 0 Å². The molecule has 1 aromatic carbocycles. The normalized spacial score (nSPS) is 22.3. The fourth-order valence-corrected chi connectivity index (χ4v) is 2.47. The SMILES string of the molecule is C[NH+]1N=C(c2ccccc2O)CC1c1ccccn1. The van der Waals surface area contributed by atoms with E-state index < -0.39 is 0 Å². The molecule has 1 aromatic heterocycles. The minimum atomic E-state index is 0.218. The summed E-state index contributed by atoms with van der Waals surface area (Å²) in [5.74, 6) is 0.288. The van der Waals surface area contributed by atoms with E-state index in [0.717, 1.165) is 28.4 Å². The summed E-state index contributed by atoms with van der Waals surface area (Å²) in [5.41, 5.74) is 2.79. The van der Waals surface area contributed by atoms with Gasteiger partial charge in [-0.15, -0.1) is 0 Å². The monoisotopic (exact) mass is 254 g/mol. The highest BCUT2D eigenvalue weighted by Crippen LogP contribution is 2.24. The van der Waals surface area contributed by atoms with E-state index in [2.05, 4.69) is 10.1 Å². The Hall–Kier alpha value is -2.20. The van der Waals surface area contributed by atoms with Crippen molar-refractivity contribution in [2.75, 3.05) is 7.05 Å². The Morgan fingerprint density at radius 2 is 1.95 bits per heavy atom. The lowest BCUT2D eigenvalue weighted by Crippen LogP contribution is -3.03. The molecule has 2 atom stereocenters. The fraction of sp³-hybridized carbons (Fsp3) is 0.200. The summed E-state index contributed by atoms with van der Waals surface area (Å²) < 4.78 is 0. The number of nitrogens with one attached hydrogen (secondary N) is 1. The molecule has 1 aliphatic heterocycles. The van der Waals surface area contributed by atoms with Crippen molar-refractivity contribution in [1.29, 1.82) is 0 Å². The third kappa shape index (κ3) is 2.22. The Morgan fingerprint density at radius 1 is 1.16 bits per heavy atom. The quantitative estimate of drug-likeness (QED) is 0.844. The Labute approximate surface area is 112 Å². The van der Waals surface area contributed by atoms with Gasteiger partial charge in [-0.05, 0) is 24.3 Å². The standard InChI is InChI=1S/C15H15N3O/c1-18-14(12-7-4-5-9-16-12)10-13(17-18)11-6-2-3-8-15(11)19/h2-9,14,19H,10H2,1H3/p+1. The molecule has 0 amide bonds. The number of para-hydroxylation sites is 1. The molecular weight excluding hydrogens is 238 g/mol. The molecule has 1 aliphatic rings. The van der Waals surface area contributed by atoms with E-state index in [0.29, 0.717) is 0 Å². The molecule has 19 heavy (non-hydrogen) atoms. The maximum absolute atomic E-state index is 9.91. The predicted octanol–water partition coefficient (Wildman–Crippen LogP) is 1.15. The molecule has 4 nitrogen and oxygen atoms in total. The van der Waals surface area contributed by atoms with Crippen LogP contribution < -0.4 is 5.01 Å². The molecule has 0 bridgehead atoms. The van der Waals surface area contributed by atoms with Crippen molar-refractivity contribution in [3.63, 3.8) is 0 Å². The van der Waals surface area contributed by atoms with Gasteiger partial charge in [0.05, 0.1) is 13.5 Å². The van der Waals surface area contributed by atoms with E-state index in [1.807, 2.05) is 43.4 Å². The Balaban J connectivity index is 1.89. The molecule has 0 saturated carbocycles. The molecule has 96 valence electrons. The van der Waals surface area contributed by atoms with Crippen LogP contribution in [-0.2, 0) is 0 Å². The van der Waals surface area contributed by atoms with Crippen LogP contribution in [0.1, 0.15) is 23.7 Å². The Bertz CT molecular complexity index is 610. The van der Waals surface area contributed by atoms with Gasteiger partial charge >= 0.3 is 0 Å². The van der Waals surface area contributed by atoms with Gasteiger partial charge in [-0.3, -0.25) is 4.98 Å². The number of hydrogen-bond donors (Lipinski definition) is 2. The summed E-state index contributed by atoms with van der Waals surface area (Å²) in [4.78, 5) is 4.41. The summed E-state index contributed by atoms with van der Waals surface area (Å²) in [7, 11) is 2.02. The fourth-order valence-electron chi connectivity index (χ4n) is 2.47. The van der Waals surface area contributed by atoms with Gasteiger partial charge in [-0.25, -0.2) is 5.01 Å². The molecule has 0 fully saturated rings. The highest BCUT2D eigenvalue weighted by molar-refractivity contribution is 6.03. The number of phenols is 1. The van der Waals surface area contributed by atoms with Gasteiger partial charge in [0.15, 0.2) is 6.04 Å². The Morgan fingerprint density at radius 3 is 2.68 bits per heavy atom. The topological polar surface area (TPSA) is 49.9 Å². The zero-order valence-corrected chi connectivity index (χ0v) is 10.7. The highest BCUT2D eigenvalue weighted by atomic mass is 16.3. The molecule has 2 N–H and O–H groups in total. The molecule has 2 aromatic rings. The number of quaternary nitrogens is 1. The predicted molar refractivity (Wildman–Crippen MR) is 73.1 cm³/mol. The van der Waals surface area contributed by atoms with Crippen LogP contribution >= 0.6 is 0 Å². The van der Waals surface area contributed by atoms with E-state index >= 15 is 0 Å². The van der Waals surface area contributed by atoms with Crippen molar-refractivity contribution in [1.82, 2.24) is 4.98 Å². The average molecular weight is 254 g/mol. The van der Waals surface area contributed by atoms with Gasteiger partial charge in [0, 0.05) is 11.8 Å². The number of rotatable bonds is 2. The summed E-state index contributed by atoms with van der Waals surface area (Å²) in [5, 5.41) is 15.6. The first-order chi connectivity index (χ1) is 9.25. The highest BCUT2D eigenvalue weighted by Gasteiger charge is 2.32. The second-order valence-corrected chi connectivity index (χ2v) is 4.73. The number of pyridine rings is 1. The summed E-state index contributed by atoms with van der Waals surface area (Å²) >= 11 is 0. The van der Waals surface area contributed by atoms with Crippen molar-refractivity contribution in [3.8, 4) is 5.75 Å². The maximum atomic E-state index is 9.91. The van der Waals surface area contributed by atoms with Gasteiger partial charge in [-0.1, -0.05) is 23.3 Å². The van der Waals surface area contributed by atoms with Crippen LogP contribution in [0.25, 0.3) is 0 Å². The van der Waals surface area contributed by atoms with E-state index in [-0.39, 0.29) is 11.8 Å². The van der Waals surface area contributed by atoms with Gasteiger partial charge in [-0.2, -0.15) is 0 Å². The molecule has 0 spiro atoms. The van der Waals surface area contributed by atoms with Gasteiger partial charge in [0.2, 0.25) is 0 Å². The lowest BCUT2D eigenvalue weighted by Gasteiger charge is -2.11. The third-order valence-electron chi connectivity index (χ3n) is 3.47. The van der Waals surface area contributed by atoms with E-state index in [1.165, 1.54) is 0 Å². The van der Waals surface area contributed by atoms with Crippen molar-refractivity contribution < 1.29 is 10.1 Å². The van der Waals surface area contributed by atoms with Crippen LogP contribution in [0.2, 0.25) is 0 Å². The number of nitrogens with zero attached hydrogens (tertiary/aromatic N) is 2. The van der Waals surface area contributed by atoms with Gasteiger partial charge in [0.1, 0.15) is 17.2 Å². The van der Waals surface area contributed by atoms with Crippen LogP contribution in [0, 0.1) is 0 Å². The van der Waals surface area contributed by atoms with Crippen LogP contribution in [0.15, 0.2) is 53.8 Å².